The molecule has 0 amide bonds. The molecule has 0 unspecified atom stereocenters. The Labute approximate surface area is 192 Å². The smallest absolute Gasteiger partial charge is 0.214 e. The van der Waals surface area contributed by atoms with E-state index in [4.69, 9.17) is 24.5 Å². The normalized spacial score (nSPS) is 22.4. The molecule has 3 heterocycles. The molecule has 0 atom stereocenters. The van der Waals surface area contributed by atoms with E-state index in [2.05, 4.69) is 22.9 Å². The Morgan fingerprint density at radius 2 is 1.76 bits per heavy atom. The maximum absolute atomic E-state index is 5.95. The van der Waals surface area contributed by atoms with Gasteiger partial charge in [0.25, 0.3) is 0 Å². The van der Waals surface area contributed by atoms with E-state index in [1.165, 1.54) is 30.4 Å². The monoisotopic (exact) mass is 436 g/mol. The van der Waals surface area contributed by atoms with Crippen molar-refractivity contribution >= 4 is 0 Å². The number of ether oxygens (including phenoxy) is 2. The van der Waals surface area contributed by atoms with Crippen LogP contribution in [0, 0.1) is 5.92 Å². The van der Waals surface area contributed by atoms with Gasteiger partial charge < -0.3 is 9.47 Å². The zero-order valence-electron chi connectivity index (χ0n) is 18.3. The van der Waals surface area contributed by atoms with Crippen molar-refractivity contribution < 1.29 is 9.47 Å². The summed E-state index contributed by atoms with van der Waals surface area (Å²) >= 11 is 0. The molecule has 6 nitrogen and oxygen atoms in total. The van der Waals surface area contributed by atoms with Crippen LogP contribution >= 0.6 is 0 Å². The third kappa shape index (κ3) is 3.16. The van der Waals surface area contributed by atoms with Crippen molar-refractivity contribution in [2.24, 2.45) is 5.92 Å². The van der Waals surface area contributed by atoms with Gasteiger partial charge >= 0.3 is 0 Å². The molecule has 0 N–H and O–H groups in total. The first kappa shape index (κ1) is 19.0. The Balaban J connectivity index is 1.23. The molecular weight excluding hydrogens is 412 g/mol. The number of nitrogens with zero attached hydrogens (tertiary/aromatic N) is 4. The fourth-order valence-corrected chi connectivity index (χ4v) is 5.29. The first-order valence-corrected chi connectivity index (χ1v) is 11.6. The van der Waals surface area contributed by atoms with Gasteiger partial charge in [-0.05, 0) is 54.0 Å². The van der Waals surface area contributed by atoms with Crippen molar-refractivity contribution in [1.29, 1.82) is 0 Å². The summed E-state index contributed by atoms with van der Waals surface area (Å²) in [5, 5.41) is 5.00. The molecule has 3 aliphatic carbocycles. The molecule has 2 bridgehead atoms. The van der Waals surface area contributed by atoms with E-state index in [0.29, 0.717) is 31.5 Å². The van der Waals surface area contributed by atoms with Crippen molar-refractivity contribution in [2.75, 3.05) is 0 Å². The van der Waals surface area contributed by atoms with Crippen LogP contribution in [0.3, 0.4) is 0 Å². The van der Waals surface area contributed by atoms with Crippen LogP contribution in [0.1, 0.15) is 36.0 Å². The van der Waals surface area contributed by atoms with Gasteiger partial charge in [0.15, 0.2) is 5.82 Å². The molecule has 0 saturated heterocycles. The second-order valence-electron chi connectivity index (χ2n) is 9.49. The second kappa shape index (κ2) is 7.25. The van der Waals surface area contributed by atoms with E-state index < -0.39 is 0 Å². The van der Waals surface area contributed by atoms with Crippen LogP contribution in [0.4, 0.5) is 0 Å². The second-order valence-corrected chi connectivity index (χ2v) is 9.49. The van der Waals surface area contributed by atoms with E-state index in [9.17, 15) is 0 Å². The largest absolute Gasteiger partial charge is 0.473 e. The van der Waals surface area contributed by atoms with Crippen LogP contribution in [-0.4, -0.2) is 19.7 Å². The van der Waals surface area contributed by atoms with Crippen molar-refractivity contribution in [3.63, 3.8) is 0 Å². The average Bonchev–Trinajstić information content (AvgIpc) is 3.44. The van der Waals surface area contributed by atoms with E-state index in [0.717, 1.165) is 28.6 Å². The third-order valence-corrected chi connectivity index (χ3v) is 7.22. The molecule has 2 aromatic carbocycles. The maximum atomic E-state index is 5.95. The molecule has 4 aromatic rings. The summed E-state index contributed by atoms with van der Waals surface area (Å²) < 4.78 is 13.7. The number of hydrogen-bond acceptors (Lipinski definition) is 5. The number of benzene rings is 2. The molecule has 164 valence electrons. The van der Waals surface area contributed by atoms with Gasteiger partial charge in [-0.2, -0.15) is 0 Å². The van der Waals surface area contributed by atoms with Crippen molar-refractivity contribution in [2.45, 2.75) is 44.6 Å². The molecule has 33 heavy (non-hydrogen) atoms. The molecule has 6 heteroatoms. The quantitative estimate of drug-likeness (QED) is 0.420. The van der Waals surface area contributed by atoms with E-state index in [1.54, 1.807) is 0 Å². The Bertz CT molecular complexity index is 1330. The zero-order valence-corrected chi connectivity index (χ0v) is 18.3. The summed E-state index contributed by atoms with van der Waals surface area (Å²) in [4.78, 5) is 9.72. The lowest BCUT2D eigenvalue weighted by Crippen LogP contribution is -2.59. The standard InChI is InChI=1S/C27H24N4O2/c1-2-5-18(6-3-1)15-33-24-8-4-7-23(28-24)25-29-26(31(30-25)27-12-19(13-27)14-27)20-9-10-21-16-32-17-22(21)11-20/h1-11,19H,12-17H2. The molecule has 3 fully saturated rings. The highest BCUT2D eigenvalue weighted by atomic mass is 16.5. The van der Waals surface area contributed by atoms with Crippen LogP contribution in [0.15, 0.2) is 66.7 Å². The summed E-state index contributed by atoms with van der Waals surface area (Å²) in [6, 6.07) is 22.4. The van der Waals surface area contributed by atoms with Crippen LogP contribution in [-0.2, 0) is 30.1 Å². The number of fused-ring (bicyclic) bond motifs is 1. The highest BCUT2D eigenvalue weighted by Gasteiger charge is 2.59. The SMILES string of the molecule is c1ccc(COc2cccc(-c3nc(-c4ccc5c(c4)COC5)n(C45CC(C4)C5)n3)n2)cc1. The maximum Gasteiger partial charge on any atom is 0.214 e. The van der Waals surface area contributed by atoms with Gasteiger partial charge in [0, 0.05) is 11.6 Å². The van der Waals surface area contributed by atoms with Gasteiger partial charge in [-0.1, -0.05) is 48.5 Å². The number of hydrogen-bond donors (Lipinski definition) is 0. The molecule has 0 spiro atoms. The lowest BCUT2D eigenvalue weighted by atomic mass is 9.50. The summed E-state index contributed by atoms with van der Waals surface area (Å²) in [6.45, 7) is 1.84. The van der Waals surface area contributed by atoms with Crippen molar-refractivity contribution in [3.8, 4) is 28.8 Å². The Kier molecular flexibility index (Phi) is 4.18. The topological polar surface area (TPSA) is 62.1 Å². The predicted molar refractivity (Wildman–Crippen MR) is 123 cm³/mol. The van der Waals surface area contributed by atoms with Crippen LogP contribution in [0.5, 0.6) is 5.88 Å². The molecule has 1 aliphatic heterocycles. The molecule has 8 rings (SSSR count). The number of rotatable bonds is 6. The Hall–Kier alpha value is -3.51. The minimum Gasteiger partial charge on any atom is -0.473 e. The molecule has 0 radical (unpaired) electrons. The van der Waals surface area contributed by atoms with Gasteiger partial charge in [0.1, 0.15) is 12.3 Å². The lowest BCUT2D eigenvalue weighted by Gasteiger charge is -2.61. The van der Waals surface area contributed by atoms with E-state index in [1.807, 2.05) is 48.5 Å². The fourth-order valence-electron chi connectivity index (χ4n) is 5.29. The number of pyridine rings is 1. The zero-order chi connectivity index (χ0) is 21.8. The van der Waals surface area contributed by atoms with E-state index in [-0.39, 0.29) is 5.54 Å². The summed E-state index contributed by atoms with van der Waals surface area (Å²) in [6.07, 6.45) is 3.60. The van der Waals surface area contributed by atoms with Gasteiger partial charge in [0.2, 0.25) is 11.7 Å². The van der Waals surface area contributed by atoms with Gasteiger partial charge in [-0.15, -0.1) is 5.10 Å². The van der Waals surface area contributed by atoms with Crippen molar-refractivity contribution in [1.82, 2.24) is 19.7 Å². The molecule has 4 aliphatic rings. The summed E-state index contributed by atoms with van der Waals surface area (Å²) in [5.41, 5.74) is 5.58. The summed E-state index contributed by atoms with van der Waals surface area (Å²) in [7, 11) is 0. The Morgan fingerprint density at radius 3 is 2.58 bits per heavy atom. The van der Waals surface area contributed by atoms with Gasteiger partial charge in [0.05, 0.1) is 18.8 Å². The van der Waals surface area contributed by atoms with Gasteiger partial charge in [-0.3, -0.25) is 0 Å². The third-order valence-electron chi connectivity index (χ3n) is 7.22. The predicted octanol–water partition coefficient (Wildman–Crippen LogP) is 5.13. The highest BCUT2D eigenvalue weighted by Crippen LogP contribution is 2.62. The van der Waals surface area contributed by atoms with Crippen LogP contribution in [0.2, 0.25) is 0 Å². The minimum atomic E-state index is 0.127. The van der Waals surface area contributed by atoms with Crippen molar-refractivity contribution in [3.05, 3.63) is 83.4 Å². The lowest BCUT2D eigenvalue weighted by molar-refractivity contribution is -0.0965. The highest BCUT2D eigenvalue weighted by molar-refractivity contribution is 5.62. The van der Waals surface area contributed by atoms with Crippen LogP contribution < -0.4 is 4.74 Å². The summed E-state index contributed by atoms with van der Waals surface area (Å²) in [5.74, 6) is 3.01. The van der Waals surface area contributed by atoms with E-state index >= 15 is 0 Å². The minimum absolute atomic E-state index is 0.127. The Morgan fingerprint density at radius 1 is 0.909 bits per heavy atom. The van der Waals surface area contributed by atoms with Crippen LogP contribution in [0.25, 0.3) is 22.9 Å². The fraction of sp³-hybridized carbons (Fsp3) is 0.296. The number of aromatic nitrogens is 4. The first-order valence-electron chi connectivity index (χ1n) is 11.6. The molecular formula is C27H24N4O2. The molecule has 2 aromatic heterocycles. The molecule has 3 saturated carbocycles. The first-order chi connectivity index (χ1) is 16.3. The average molecular weight is 437 g/mol. The van der Waals surface area contributed by atoms with Gasteiger partial charge in [-0.25, -0.2) is 14.6 Å².